The largest absolute Gasteiger partial charge is 0.453 e. The average Bonchev–Trinajstić information content (AvgIpc) is 3.36. The summed E-state index contributed by atoms with van der Waals surface area (Å²) in [6.07, 6.45) is 3.36. The number of fused-ring (bicyclic) bond motifs is 4. The fraction of sp³-hybridized carbons (Fsp3) is 0.286. The Kier molecular flexibility index (Phi) is 4.58. The number of nitrogens with zero attached hydrogens (tertiary/aromatic N) is 1. The molecule has 0 saturated carbocycles. The number of pyridine rings is 1. The van der Waals surface area contributed by atoms with Crippen LogP contribution >= 0.6 is 11.6 Å². The Morgan fingerprint density at radius 1 is 1.17 bits per heavy atom. The van der Waals surface area contributed by atoms with Crippen LogP contribution in [0, 0.1) is 5.92 Å². The van der Waals surface area contributed by atoms with Crippen molar-refractivity contribution in [2.75, 3.05) is 12.7 Å². The zero-order chi connectivity index (χ0) is 20.0. The van der Waals surface area contributed by atoms with Crippen molar-refractivity contribution in [3.63, 3.8) is 0 Å². The third-order valence-corrected chi connectivity index (χ3v) is 5.65. The molecule has 3 aromatic rings. The van der Waals surface area contributed by atoms with Crippen molar-refractivity contribution >= 4 is 45.2 Å². The zero-order valence-corrected chi connectivity index (χ0v) is 16.0. The molecule has 7 nitrogen and oxygen atoms in total. The highest BCUT2D eigenvalue weighted by molar-refractivity contribution is 6.28. The van der Waals surface area contributed by atoms with Gasteiger partial charge in [0.2, 0.25) is 0 Å². The molecule has 1 aromatic carbocycles. The van der Waals surface area contributed by atoms with Gasteiger partial charge < -0.3 is 19.2 Å². The summed E-state index contributed by atoms with van der Waals surface area (Å²) in [5, 5.41) is 1.87. The molecular weight excluding hydrogens is 396 g/mol. The van der Waals surface area contributed by atoms with Crippen molar-refractivity contribution in [2.24, 2.45) is 5.92 Å². The summed E-state index contributed by atoms with van der Waals surface area (Å²) in [7, 11) is 0. The lowest BCUT2D eigenvalue weighted by molar-refractivity contribution is -0.129. The van der Waals surface area contributed by atoms with E-state index in [2.05, 4.69) is 9.97 Å². The number of esters is 1. The van der Waals surface area contributed by atoms with Gasteiger partial charge in [-0.25, -0.2) is 9.78 Å². The van der Waals surface area contributed by atoms with Crippen LogP contribution in [0.15, 0.2) is 48.7 Å². The fourth-order valence-electron chi connectivity index (χ4n) is 4.00. The third kappa shape index (κ3) is 3.11. The molecule has 0 radical (unpaired) electrons. The van der Waals surface area contributed by atoms with Crippen LogP contribution in [0.2, 0.25) is 0 Å². The zero-order valence-electron chi connectivity index (χ0n) is 15.2. The summed E-state index contributed by atoms with van der Waals surface area (Å²) in [4.78, 5) is 32.7. The molecule has 5 rings (SSSR count). The summed E-state index contributed by atoms with van der Waals surface area (Å²) in [6, 6.07) is 9.50. The Morgan fingerprint density at radius 3 is 2.90 bits per heavy atom. The minimum atomic E-state index is -0.794. The van der Waals surface area contributed by atoms with Crippen LogP contribution in [0.1, 0.15) is 10.5 Å². The van der Waals surface area contributed by atoms with E-state index in [4.69, 9.17) is 25.8 Å². The maximum atomic E-state index is 12.8. The van der Waals surface area contributed by atoms with Crippen LogP contribution in [0.4, 0.5) is 0 Å². The molecule has 0 amide bonds. The molecule has 0 bridgehead atoms. The lowest BCUT2D eigenvalue weighted by atomic mass is 9.84. The van der Waals surface area contributed by atoms with E-state index >= 15 is 0 Å². The van der Waals surface area contributed by atoms with Gasteiger partial charge in [-0.1, -0.05) is 24.3 Å². The van der Waals surface area contributed by atoms with Crippen LogP contribution in [-0.4, -0.2) is 52.7 Å². The first-order valence-corrected chi connectivity index (χ1v) is 9.77. The monoisotopic (exact) mass is 412 g/mol. The van der Waals surface area contributed by atoms with E-state index in [1.807, 2.05) is 24.3 Å². The maximum Gasteiger partial charge on any atom is 0.357 e. The number of ketones is 1. The first-order chi connectivity index (χ1) is 14.2. The molecule has 1 aliphatic heterocycles. The summed E-state index contributed by atoms with van der Waals surface area (Å²) >= 11 is 5.78. The number of alkyl halides is 1. The van der Waals surface area contributed by atoms with Gasteiger partial charge in [-0.2, -0.15) is 0 Å². The Labute approximate surface area is 170 Å². The van der Waals surface area contributed by atoms with E-state index < -0.39 is 24.1 Å². The van der Waals surface area contributed by atoms with Crippen LogP contribution in [0.25, 0.3) is 21.8 Å². The molecule has 2 aliphatic rings. The summed E-state index contributed by atoms with van der Waals surface area (Å²) in [6.45, 7) is 0.0885. The molecule has 1 N–H and O–H groups in total. The van der Waals surface area contributed by atoms with Crippen molar-refractivity contribution in [2.45, 2.75) is 18.3 Å². The van der Waals surface area contributed by atoms with Crippen LogP contribution in [-0.2, 0) is 19.0 Å². The van der Waals surface area contributed by atoms with E-state index in [1.54, 1.807) is 24.4 Å². The molecular formula is C21H17ClN2O5. The highest BCUT2D eigenvalue weighted by Gasteiger charge is 2.46. The highest BCUT2D eigenvalue weighted by atomic mass is 35.5. The fourth-order valence-corrected chi connectivity index (χ4v) is 4.18. The second kappa shape index (κ2) is 7.26. The number of carbonyl (C=O) groups is 2. The minimum Gasteiger partial charge on any atom is -0.453 e. The standard InChI is InChI=1S/C21H17ClN2O5/c22-8-16(25)19-17(5-6-18-20(19)28-10-27-18)29-21(26)14-7-12-11-3-1-2-4-13(11)24-15(12)9-23-14/h1-7,9,17-20,24H,8,10H2. The molecule has 0 spiro atoms. The van der Waals surface area contributed by atoms with E-state index in [-0.39, 0.29) is 30.3 Å². The highest BCUT2D eigenvalue weighted by Crippen LogP contribution is 2.32. The Balaban J connectivity index is 1.45. The quantitative estimate of drug-likeness (QED) is 0.402. The Morgan fingerprint density at radius 2 is 2.03 bits per heavy atom. The number of aromatic nitrogens is 2. The molecule has 29 heavy (non-hydrogen) atoms. The summed E-state index contributed by atoms with van der Waals surface area (Å²) in [5.74, 6) is -1.78. The summed E-state index contributed by atoms with van der Waals surface area (Å²) in [5.41, 5.74) is 1.95. The lowest BCUT2D eigenvalue weighted by Crippen LogP contribution is -2.47. The summed E-state index contributed by atoms with van der Waals surface area (Å²) < 4.78 is 16.6. The molecule has 1 saturated heterocycles. The number of nitrogens with one attached hydrogen (secondary N) is 1. The number of aromatic amines is 1. The predicted octanol–water partition coefficient (Wildman–Crippen LogP) is 2.98. The number of para-hydroxylation sites is 1. The number of halogens is 1. The van der Waals surface area contributed by atoms with Crippen molar-refractivity contribution in [1.82, 2.24) is 9.97 Å². The predicted molar refractivity (Wildman–Crippen MR) is 106 cm³/mol. The molecule has 4 atom stereocenters. The van der Waals surface area contributed by atoms with Gasteiger partial charge in [0, 0.05) is 16.3 Å². The average molecular weight is 413 g/mol. The minimum absolute atomic E-state index is 0.0885. The number of H-pyrrole nitrogens is 1. The van der Waals surface area contributed by atoms with Crippen LogP contribution < -0.4 is 0 Å². The molecule has 1 fully saturated rings. The van der Waals surface area contributed by atoms with Gasteiger partial charge in [-0.15, -0.1) is 11.6 Å². The van der Waals surface area contributed by atoms with E-state index in [1.165, 1.54) is 0 Å². The first kappa shape index (κ1) is 18.3. The van der Waals surface area contributed by atoms with Crippen molar-refractivity contribution in [3.8, 4) is 0 Å². The van der Waals surface area contributed by atoms with Gasteiger partial charge in [0.1, 0.15) is 30.8 Å². The van der Waals surface area contributed by atoms with Gasteiger partial charge in [-0.3, -0.25) is 4.79 Å². The van der Waals surface area contributed by atoms with E-state index in [0.717, 1.165) is 21.8 Å². The molecule has 1 aliphatic carbocycles. The van der Waals surface area contributed by atoms with Crippen LogP contribution in [0.3, 0.4) is 0 Å². The number of ether oxygens (including phenoxy) is 3. The van der Waals surface area contributed by atoms with Gasteiger partial charge in [0.25, 0.3) is 0 Å². The number of rotatable bonds is 4. The van der Waals surface area contributed by atoms with Gasteiger partial charge in [0.15, 0.2) is 5.78 Å². The smallest absolute Gasteiger partial charge is 0.357 e. The van der Waals surface area contributed by atoms with Crippen molar-refractivity contribution in [3.05, 3.63) is 54.4 Å². The van der Waals surface area contributed by atoms with E-state index in [9.17, 15) is 9.59 Å². The topological polar surface area (TPSA) is 90.5 Å². The SMILES string of the molecule is O=C(OC1C=CC2OCOC2C1C(=O)CCl)c1cc2c(cn1)[nH]c1ccccc12. The Hall–Kier alpha value is -2.74. The number of Topliss-reactive ketones (excluding diaryl/α,β-unsaturated/α-hetero) is 1. The molecule has 2 aromatic heterocycles. The van der Waals surface area contributed by atoms with Gasteiger partial charge >= 0.3 is 5.97 Å². The van der Waals surface area contributed by atoms with E-state index in [0.29, 0.717) is 0 Å². The molecule has 8 heteroatoms. The van der Waals surface area contributed by atoms with Crippen molar-refractivity contribution in [1.29, 1.82) is 0 Å². The number of carbonyl (C=O) groups excluding carboxylic acids is 2. The normalized spacial score (nSPS) is 26.0. The number of hydrogen-bond acceptors (Lipinski definition) is 6. The Bertz CT molecular complexity index is 1140. The number of benzene rings is 1. The van der Waals surface area contributed by atoms with Crippen LogP contribution in [0.5, 0.6) is 0 Å². The van der Waals surface area contributed by atoms with Crippen molar-refractivity contribution < 1.29 is 23.8 Å². The molecule has 148 valence electrons. The third-order valence-electron chi connectivity index (χ3n) is 5.39. The maximum absolute atomic E-state index is 12.8. The first-order valence-electron chi connectivity index (χ1n) is 9.23. The second-order valence-electron chi connectivity index (χ2n) is 7.05. The number of hydrogen-bond donors (Lipinski definition) is 1. The molecule has 3 heterocycles. The lowest BCUT2D eigenvalue weighted by Gasteiger charge is -2.32. The second-order valence-corrected chi connectivity index (χ2v) is 7.31. The molecule has 4 unspecified atom stereocenters. The van der Waals surface area contributed by atoms with Gasteiger partial charge in [-0.05, 0) is 18.2 Å². The van der Waals surface area contributed by atoms with Gasteiger partial charge in [0.05, 0.1) is 23.5 Å².